The lowest BCUT2D eigenvalue weighted by Gasteiger charge is -1.90. The fourth-order valence-corrected chi connectivity index (χ4v) is 2.69. The van der Waals surface area contributed by atoms with Gasteiger partial charge in [0.15, 0.2) is 0 Å². The monoisotopic (exact) mass is 193 g/mol. The SMILES string of the molecule is NCCSc1ccc(Cl)s1. The molecule has 0 aliphatic rings. The molecule has 0 aromatic carbocycles. The fourth-order valence-electron chi connectivity index (χ4n) is 0.535. The van der Waals surface area contributed by atoms with Crippen LogP contribution in [0.4, 0.5) is 0 Å². The van der Waals surface area contributed by atoms with E-state index in [0.29, 0.717) is 0 Å². The van der Waals surface area contributed by atoms with Gasteiger partial charge in [0.2, 0.25) is 0 Å². The molecule has 0 saturated heterocycles. The van der Waals surface area contributed by atoms with Gasteiger partial charge in [-0.05, 0) is 12.1 Å². The molecule has 2 N–H and O–H groups in total. The van der Waals surface area contributed by atoms with E-state index in [9.17, 15) is 0 Å². The molecule has 0 atom stereocenters. The van der Waals surface area contributed by atoms with Gasteiger partial charge in [-0.25, -0.2) is 0 Å². The molecule has 0 unspecified atom stereocenters. The molecule has 0 saturated carbocycles. The highest BCUT2D eigenvalue weighted by molar-refractivity contribution is 8.01. The van der Waals surface area contributed by atoms with Crippen molar-refractivity contribution in [3.63, 3.8) is 0 Å². The lowest BCUT2D eigenvalue weighted by atomic mass is 10.7. The Morgan fingerprint density at radius 3 is 2.90 bits per heavy atom. The summed E-state index contributed by atoms with van der Waals surface area (Å²) in [6.45, 7) is 0.722. The summed E-state index contributed by atoms with van der Waals surface area (Å²) in [5.74, 6) is 0.969. The van der Waals surface area contributed by atoms with E-state index in [1.54, 1.807) is 23.1 Å². The van der Waals surface area contributed by atoms with Gasteiger partial charge in [-0.3, -0.25) is 0 Å². The summed E-state index contributed by atoms with van der Waals surface area (Å²) in [4.78, 5) is 0. The van der Waals surface area contributed by atoms with E-state index in [1.165, 1.54) is 4.21 Å². The van der Waals surface area contributed by atoms with E-state index in [4.69, 9.17) is 17.3 Å². The second kappa shape index (κ2) is 4.23. The maximum absolute atomic E-state index is 5.71. The molecule has 0 spiro atoms. The van der Waals surface area contributed by atoms with Crippen LogP contribution in [0.2, 0.25) is 4.34 Å². The van der Waals surface area contributed by atoms with Crippen LogP contribution in [0, 0.1) is 0 Å². The Morgan fingerprint density at radius 2 is 2.40 bits per heavy atom. The smallest absolute Gasteiger partial charge is 0.0940 e. The first-order valence-corrected chi connectivity index (χ1v) is 5.09. The second-order valence-corrected chi connectivity index (χ2v) is 4.81. The standard InChI is InChI=1S/C6H8ClNS2/c7-5-1-2-6(10-5)9-4-3-8/h1-2H,3-4,8H2. The number of thiophene rings is 1. The highest BCUT2D eigenvalue weighted by Crippen LogP contribution is 2.29. The maximum atomic E-state index is 5.71. The Morgan fingerprint density at radius 1 is 1.60 bits per heavy atom. The van der Waals surface area contributed by atoms with Crippen LogP contribution in [-0.4, -0.2) is 12.3 Å². The normalized spacial score (nSPS) is 10.2. The summed E-state index contributed by atoms with van der Waals surface area (Å²) in [6.07, 6.45) is 0. The molecule has 1 aromatic heterocycles. The Kier molecular flexibility index (Phi) is 3.56. The third kappa shape index (κ3) is 2.50. The predicted molar refractivity (Wildman–Crippen MR) is 49.1 cm³/mol. The van der Waals surface area contributed by atoms with E-state index in [2.05, 4.69) is 0 Å². The van der Waals surface area contributed by atoms with Gasteiger partial charge in [0.1, 0.15) is 0 Å². The van der Waals surface area contributed by atoms with Gasteiger partial charge in [-0.2, -0.15) is 0 Å². The van der Waals surface area contributed by atoms with E-state index >= 15 is 0 Å². The third-order valence-electron chi connectivity index (χ3n) is 0.911. The van der Waals surface area contributed by atoms with Gasteiger partial charge in [0.25, 0.3) is 0 Å². The van der Waals surface area contributed by atoms with Gasteiger partial charge < -0.3 is 5.73 Å². The number of nitrogens with two attached hydrogens (primary N) is 1. The van der Waals surface area contributed by atoms with E-state index in [-0.39, 0.29) is 0 Å². The molecule has 0 aliphatic heterocycles. The molecule has 0 bridgehead atoms. The highest BCUT2D eigenvalue weighted by atomic mass is 35.5. The number of thioether (sulfide) groups is 1. The van der Waals surface area contributed by atoms with Crippen LogP contribution in [0.5, 0.6) is 0 Å². The molecular formula is C6H8ClNS2. The van der Waals surface area contributed by atoms with Crippen LogP contribution in [0.3, 0.4) is 0 Å². The van der Waals surface area contributed by atoms with E-state index < -0.39 is 0 Å². The number of hydrogen-bond donors (Lipinski definition) is 1. The summed E-state index contributed by atoms with van der Waals surface area (Å²) < 4.78 is 2.09. The van der Waals surface area contributed by atoms with Crippen LogP contribution in [0.25, 0.3) is 0 Å². The molecule has 0 amide bonds. The summed E-state index contributed by atoms with van der Waals surface area (Å²) in [7, 11) is 0. The molecule has 1 nitrogen and oxygen atoms in total. The minimum atomic E-state index is 0.722. The van der Waals surface area contributed by atoms with Crippen molar-refractivity contribution in [3.05, 3.63) is 16.5 Å². The maximum Gasteiger partial charge on any atom is 0.0940 e. The summed E-state index contributed by atoms with van der Waals surface area (Å²) >= 11 is 9.06. The van der Waals surface area contributed by atoms with Crippen molar-refractivity contribution in [1.82, 2.24) is 0 Å². The molecule has 1 aromatic rings. The van der Waals surface area contributed by atoms with Gasteiger partial charge in [-0.15, -0.1) is 23.1 Å². The molecule has 1 rings (SSSR count). The highest BCUT2D eigenvalue weighted by Gasteiger charge is 1.95. The van der Waals surface area contributed by atoms with Crippen molar-refractivity contribution in [1.29, 1.82) is 0 Å². The quantitative estimate of drug-likeness (QED) is 0.747. The Bertz CT molecular complexity index is 199. The zero-order valence-corrected chi connectivity index (χ0v) is 7.73. The molecule has 0 aliphatic carbocycles. The van der Waals surface area contributed by atoms with Gasteiger partial charge in [0, 0.05) is 12.3 Å². The summed E-state index contributed by atoms with van der Waals surface area (Å²) in [5, 5.41) is 0. The zero-order valence-electron chi connectivity index (χ0n) is 5.34. The number of halogens is 1. The molecule has 0 fully saturated rings. The molecule has 10 heavy (non-hydrogen) atoms. The van der Waals surface area contributed by atoms with Gasteiger partial charge >= 0.3 is 0 Å². The minimum Gasteiger partial charge on any atom is -0.330 e. The first-order valence-electron chi connectivity index (χ1n) is 2.91. The lowest BCUT2D eigenvalue weighted by molar-refractivity contribution is 1.15. The Balaban J connectivity index is 2.42. The minimum absolute atomic E-state index is 0.722. The average molecular weight is 194 g/mol. The van der Waals surface area contributed by atoms with Crippen molar-refractivity contribution >= 4 is 34.7 Å². The second-order valence-electron chi connectivity index (χ2n) is 1.70. The lowest BCUT2D eigenvalue weighted by Crippen LogP contribution is -2.00. The molecule has 0 radical (unpaired) electrons. The summed E-state index contributed by atoms with van der Waals surface area (Å²) in [5.41, 5.74) is 5.33. The number of hydrogen-bond acceptors (Lipinski definition) is 3. The Hall–Kier alpha value is 0.300. The first-order chi connectivity index (χ1) is 4.83. The molecule has 1 heterocycles. The van der Waals surface area contributed by atoms with Gasteiger partial charge in [0.05, 0.1) is 8.55 Å². The average Bonchev–Trinajstić information content (AvgIpc) is 2.31. The van der Waals surface area contributed by atoms with Crippen molar-refractivity contribution in [3.8, 4) is 0 Å². The van der Waals surface area contributed by atoms with E-state index in [1.807, 2.05) is 12.1 Å². The fraction of sp³-hybridized carbons (Fsp3) is 0.333. The van der Waals surface area contributed by atoms with Crippen molar-refractivity contribution in [2.45, 2.75) is 4.21 Å². The molecule has 4 heteroatoms. The van der Waals surface area contributed by atoms with Crippen LogP contribution in [0.1, 0.15) is 0 Å². The van der Waals surface area contributed by atoms with Crippen LogP contribution in [-0.2, 0) is 0 Å². The topological polar surface area (TPSA) is 26.0 Å². The number of rotatable bonds is 3. The predicted octanol–water partition coefficient (Wildman–Crippen LogP) is 2.45. The van der Waals surface area contributed by atoms with Crippen molar-refractivity contribution in [2.75, 3.05) is 12.3 Å². The largest absolute Gasteiger partial charge is 0.330 e. The molecular weight excluding hydrogens is 186 g/mol. The first kappa shape index (κ1) is 8.40. The van der Waals surface area contributed by atoms with Gasteiger partial charge in [-0.1, -0.05) is 11.6 Å². The molecule has 56 valence electrons. The third-order valence-corrected chi connectivity index (χ3v) is 3.40. The Labute approximate surface area is 73.6 Å². The van der Waals surface area contributed by atoms with E-state index in [0.717, 1.165) is 16.6 Å². The van der Waals surface area contributed by atoms with Crippen LogP contribution >= 0.6 is 34.7 Å². The van der Waals surface area contributed by atoms with Crippen LogP contribution < -0.4 is 5.73 Å². The summed E-state index contributed by atoms with van der Waals surface area (Å²) in [6, 6.07) is 3.93. The van der Waals surface area contributed by atoms with Crippen molar-refractivity contribution < 1.29 is 0 Å². The zero-order chi connectivity index (χ0) is 7.40. The van der Waals surface area contributed by atoms with Crippen molar-refractivity contribution in [2.24, 2.45) is 5.73 Å². The van der Waals surface area contributed by atoms with Crippen LogP contribution in [0.15, 0.2) is 16.3 Å².